The van der Waals surface area contributed by atoms with Gasteiger partial charge >= 0.3 is 0 Å². The number of hydrogen-bond donors (Lipinski definition) is 1. The summed E-state index contributed by atoms with van der Waals surface area (Å²) in [7, 11) is 0. The summed E-state index contributed by atoms with van der Waals surface area (Å²) in [5, 5.41) is 8.77. The first kappa shape index (κ1) is 24.5. The fourth-order valence-electron chi connectivity index (χ4n) is 4.98. The number of hydrogen-bond acceptors (Lipinski definition) is 5. The van der Waals surface area contributed by atoms with E-state index in [1.54, 1.807) is 6.20 Å². The fraction of sp³-hybridized carbons (Fsp3) is 0.310. The van der Waals surface area contributed by atoms with Crippen molar-refractivity contribution >= 4 is 33.8 Å². The zero-order chi connectivity index (χ0) is 25.9. The summed E-state index contributed by atoms with van der Waals surface area (Å²) in [6.45, 7) is 10.7. The van der Waals surface area contributed by atoms with Gasteiger partial charge in [0.05, 0.1) is 35.3 Å². The molecule has 190 valence electrons. The number of carbonyl (C=O) groups excluding carboxylic acids is 1. The third-order valence-corrected chi connectivity index (χ3v) is 6.66. The lowest BCUT2D eigenvalue weighted by molar-refractivity contribution is 0.102. The number of fused-ring (bicyclic) bond motifs is 2. The summed E-state index contributed by atoms with van der Waals surface area (Å²) < 4.78 is 3.78. The number of aryl methyl sites for hydroxylation is 2. The highest BCUT2D eigenvalue weighted by Gasteiger charge is 2.18. The van der Waals surface area contributed by atoms with Gasteiger partial charge in [-0.25, -0.2) is 4.98 Å². The normalized spacial score (nSPS) is 13.1. The van der Waals surface area contributed by atoms with Crippen molar-refractivity contribution in [2.24, 2.45) is 0 Å². The fourth-order valence-corrected chi connectivity index (χ4v) is 4.98. The first-order valence-electron chi connectivity index (χ1n) is 13.0. The van der Waals surface area contributed by atoms with Crippen LogP contribution in [0.3, 0.4) is 0 Å². The molecule has 1 aromatic carbocycles. The number of imidazole rings is 1. The molecule has 1 amide bonds. The van der Waals surface area contributed by atoms with E-state index in [0.717, 1.165) is 58.1 Å². The first-order chi connectivity index (χ1) is 18.1. The van der Waals surface area contributed by atoms with Gasteiger partial charge in [0, 0.05) is 42.1 Å². The van der Waals surface area contributed by atoms with Crippen molar-refractivity contribution in [1.29, 1.82) is 0 Å². The van der Waals surface area contributed by atoms with E-state index < -0.39 is 0 Å². The van der Waals surface area contributed by atoms with Gasteiger partial charge < -0.3 is 10.2 Å². The number of nitrogens with one attached hydrogen (secondary N) is 1. The van der Waals surface area contributed by atoms with Gasteiger partial charge in [-0.15, -0.1) is 0 Å². The first-order valence-corrected chi connectivity index (χ1v) is 13.0. The number of aromatic nitrogens is 5. The molecule has 0 unspecified atom stereocenters. The predicted octanol–water partition coefficient (Wildman–Crippen LogP) is 5.62. The van der Waals surface area contributed by atoms with E-state index in [1.165, 1.54) is 12.8 Å². The summed E-state index contributed by atoms with van der Waals surface area (Å²) in [5.74, 6) is -0.202. The van der Waals surface area contributed by atoms with Gasteiger partial charge in [0.25, 0.3) is 5.91 Å². The van der Waals surface area contributed by atoms with Crippen molar-refractivity contribution in [3.63, 3.8) is 0 Å². The second-order valence-electron chi connectivity index (χ2n) is 9.12. The number of rotatable bonds is 5. The Labute approximate surface area is 217 Å². The van der Waals surface area contributed by atoms with Crippen LogP contribution in [0, 0.1) is 13.8 Å². The molecule has 1 fully saturated rings. The van der Waals surface area contributed by atoms with Crippen molar-refractivity contribution < 1.29 is 4.79 Å². The Morgan fingerprint density at radius 2 is 1.81 bits per heavy atom. The maximum absolute atomic E-state index is 13.3. The molecule has 0 aliphatic carbocycles. The third kappa shape index (κ3) is 4.79. The smallest absolute Gasteiger partial charge is 0.274 e. The summed E-state index contributed by atoms with van der Waals surface area (Å²) >= 11 is 0. The van der Waals surface area contributed by atoms with Crippen LogP contribution in [-0.4, -0.2) is 43.1 Å². The van der Waals surface area contributed by atoms with E-state index >= 15 is 0 Å². The highest BCUT2D eigenvalue weighted by Crippen LogP contribution is 2.28. The molecule has 0 saturated carbocycles. The Balaban J connectivity index is 0.00000137. The van der Waals surface area contributed by atoms with Crippen molar-refractivity contribution in [2.75, 3.05) is 23.3 Å². The van der Waals surface area contributed by atoms with Gasteiger partial charge in [-0.05, 0) is 57.0 Å². The maximum Gasteiger partial charge on any atom is 0.274 e. The largest absolute Gasteiger partial charge is 0.371 e. The van der Waals surface area contributed by atoms with Crippen LogP contribution < -0.4 is 10.2 Å². The lowest BCUT2D eigenvalue weighted by Gasteiger charge is -2.17. The van der Waals surface area contributed by atoms with Crippen molar-refractivity contribution in [3.05, 3.63) is 83.7 Å². The molecule has 1 saturated heterocycles. The molecule has 37 heavy (non-hydrogen) atoms. The molecule has 0 spiro atoms. The molecule has 6 rings (SSSR count). The Bertz CT molecular complexity index is 1560. The summed E-state index contributed by atoms with van der Waals surface area (Å²) in [5.41, 5.74) is 6.90. The minimum atomic E-state index is -0.202. The number of pyridine rings is 2. The van der Waals surface area contributed by atoms with Gasteiger partial charge in [-0.3, -0.25) is 18.9 Å². The lowest BCUT2D eigenvalue weighted by Crippen LogP contribution is -2.18. The Morgan fingerprint density at radius 3 is 2.59 bits per heavy atom. The quantitative estimate of drug-likeness (QED) is 0.342. The summed E-state index contributed by atoms with van der Waals surface area (Å²) in [6, 6.07) is 16.0. The third-order valence-electron chi connectivity index (χ3n) is 6.66. The van der Waals surface area contributed by atoms with Crippen LogP contribution in [0.2, 0.25) is 0 Å². The zero-order valence-corrected chi connectivity index (χ0v) is 21.9. The van der Waals surface area contributed by atoms with Gasteiger partial charge in [0.2, 0.25) is 0 Å². The average Bonchev–Trinajstić information content (AvgIpc) is 3.65. The van der Waals surface area contributed by atoms with Gasteiger partial charge in [-0.2, -0.15) is 5.10 Å². The molecule has 4 aromatic heterocycles. The molecule has 0 radical (unpaired) electrons. The van der Waals surface area contributed by atoms with E-state index in [9.17, 15) is 4.79 Å². The lowest BCUT2D eigenvalue weighted by atomic mass is 10.1. The van der Waals surface area contributed by atoms with Gasteiger partial charge in [0.15, 0.2) is 0 Å². The highest BCUT2D eigenvalue weighted by atomic mass is 16.2. The van der Waals surface area contributed by atoms with Gasteiger partial charge in [0.1, 0.15) is 11.3 Å². The molecule has 8 heteroatoms. The van der Waals surface area contributed by atoms with Crippen molar-refractivity contribution in [3.8, 4) is 0 Å². The van der Waals surface area contributed by atoms with Crippen LogP contribution >= 0.6 is 0 Å². The molecular weight excluding hydrogens is 462 g/mol. The van der Waals surface area contributed by atoms with E-state index in [4.69, 9.17) is 5.10 Å². The topological polar surface area (TPSA) is 80.4 Å². The van der Waals surface area contributed by atoms with E-state index in [0.29, 0.717) is 12.2 Å². The second-order valence-corrected chi connectivity index (χ2v) is 9.12. The Morgan fingerprint density at radius 1 is 1.03 bits per heavy atom. The molecule has 0 atom stereocenters. The number of amides is 1. The minimum absolute atomic E-state index is 0.202. The average molecular weight is 496 g/mol. The standard InChI is InChI=1S/C27H27N7O.C2H6/c1-18-7-5-8-20(29-18)17-34-23-10-6-9-22(26(23)19(2)31-34)30-27(35)24-16-28-25-15-21(11-14-33(24)25)32-12-3-4-13-32;1-2/h5-11,14-16H,3-4,12-13,17H2,1-2H3,(H,30,35);1-2H3. The van der Waals surface area contributed by atoms with E-state index in [2.05, 4.69) is 32.3 Å². The number of anilines is 2. The number of benzene rings is 1. The number of carbonyl (C=O) groups is 1. The van der Waals surface area contributed by atoms with Crippen LogP contribution in [0.15, 0.2) is 60.9 Å². The SMILES string of the molecule is CC.Cc1cccc(Cn2nc(C)c3c(NC(=O)c4cnc5cc(N6CCCC6)ccn45)cccc32)n1. The molecular formula is C29H33N7O. The molecule has 1 aliphatic heterocycles. The molecule has 1 N–H and O–H groups in total. The molecule has 5 aromatic rings. The minimum Gasteiger partial charge on any atom is -0.371 e. The zero-order valence-electron chi connectivity index (χ0n) is 21.9. The number of nitrogens with zero attached hydrogens (tertiary/aromatic N) is 6. The van der Waals surface area contributed by atoms with E-state index in [-0.39, 0.29) is 5.91 Å². The summed E-state index contributed by atoms with van der Waals surface area (Å²) in [4.78, 5) is 24.8. The monoisotopic (exact) mass is 495 g/mol. The van der Waals surface area contributed by atoms with Gasteiger partial charge in [-0.1, -0.05) is 26.0 Å². The predicted molar refractivity (Wildman–Crippen MR) is 148 cm³/mol. The van der Waals surface area contributed by atoms with Crippen molar-refractivity contribution in [2.45, 2.75) is 47.1 Å². The second kappa shape index (κ2) is 10.4. The van der Waals surface area contributed by atoms with Crippen LogP contribution in [0.1, 0.15) is 54.3 Å². The van der Waals surface area contributed by atoms with E-state index in [1.807, 2.05) is 79.4 Å². The van der Waals surface area contributed by atoms with Crippen LogP contribution in [0.25, 0.3) is 16.6 Å². The Kier molecular flexibility index (Phi) is 6.90. The maximum atomic E-state index is 13.3. The molecule has 1 aliphatic rings. The highest BCUT2D eigenvalue weighted by molar-refractivity contribution is 6.08. The van der Waals surface area contributed by atoms with Crippen LogP contribution in [-0.2, 0) is 6.54 Å². The molecule has 0 bridgehead atoms. The molecule has 5 heterocycles. The van der Waals surface area contributed by atoms with Crippen molar-refractivity contribution in [1.82, 2.24) is 24.1 Å². The molecule has 8 nitrogen and oxygen atoms in total. The van der Waals surface area contributed by atoms with Crippen LogP contribution in [0.4, 0.5) is 11.4 Å². The van der Waals surface area contributed by atoms with Crippen LogP contribution in [0.5, 0.6) is 0 Å². The Hall–Kier alpha value is -4.20. The summed E-state index contributed by atoms with van der Waals surface area (Å²) in [6.07, 6.45) is 6.01.